The van der Waals surface area contributed by atoms with Gasteiger partial charge < -0.3 is 19.1 Å². The molecule has 27 heavy (non-hydrogen) atoms. The van der Waals surface area contributed by atoms with Gasteiger partial charge in [-0.05, 0) is 37.3 Å². The second kappa shape index (κ2) is 9.13. The molecular weight excluding hydrogens is 344 g/mol. The van der Waals surface area contributed by atoms with Crippen molar-refractivity contribution >= 4 is 5.91 Å². The lowest BCUT2D eigenvalue weighted by molar-refractivity contribution is 0.0613. The number of hydrogen-bond donors (Lipinski definition) is 0. The predicted octanol–water partition coefficient (Wildman–Crippen LogP) is 2.83. The van der Waals surface area contributed by atoms with Crippen molar-refractivity contribution < 1.29 is 19.0 Å². The van der Waals surface area contributed by atoms with Crippen molar-refractivity contribution in [2.75, 3.05) is 54.1 Å². The number of ether oxygens (including phenoxy) is 3. The molecule has 1 heterocycles. The first kappa shape index (κ1) is 19.5. The van der Waals surface area contributed by atoms with Crippen LogP contribution in [0, 0.1) is 5.92 Å². The molecule has 1 aliphatic heterocycles. The smallest absolute Gasteiger partial charge is 0.254 e. The fourth-order valence-corrected chi connectivity index (χ4v) is 3.91. The summed E-state index contributed by atoms with van der Waals surface area (Å²) >= 11 is 0. The molecule has 0 N–H and O–H groups in total. The van der Waals surface area contributed by atoms with Crippen LogP contribution in [-0.2, 0) is 0 Å². The van der Waals surface area contributed by atoms with Gasteiger partial charge in [-0.3, -0.25) is 9.69 Å². The summed E-state index contributed by atoms with van der Waals surface area (Å²) in [6.45, 7) is 4.49. The summed E-state index contributed by atoms with van der Waals surface area (Å²) in [6.07, 6.45) is 8.25. The first-order valence-electron chi connectivity index (χ1n) is 9.63. The Morgan fingerprint density at radius 2 is 1.67 bits per heavy atom. The third-order valence-electron chi connectivity index (χ3n) is 5.47. The largest absolute Gasteiger partial charge is 0.493 e. The van der Waals surface area contributed by atoms with Crippen LogP contribution >= 0.6 is 0 Å². The molecule has 148 valence electrons. The SMILES string of the molecule is COc1cc(C(=O)N2CCN(CC3CC=CCC3)CC2)cc(OC)c1OC. The summed E-state index contributed by atoms with van der Waals surface area (Å²) in [7, 11) is 4.68. The maximum absolute atomic E-state index is 13.0. The van der Waals surface area contributed by atoms with Crippen molar-refractivity contribution in [3.05, 3.63) is 29.8 Å². The van der Waals surface area contributed by atoms with Crippen LogP contribution in [0.25, 0.3) is 0 Å². The zero-order valence-electron chi connectivity index (χ0n) is 16.6. The van der Waals surface area contributed by atoms with Gasteiger partial charge in [-0.15, -0.1) is 0 Å². The molecule has 0 bridgehead atoms. The number of hydrogen-bond acceptors (Lipinski definition) is 5. The zero-order valence-corrected chi connectivity index (χ0v) is 16.6. The van der Waals surface area contributed by atoms with Gasteiger partial charge in [0.05, 0.1) is 21.3 Å². The number of allylic oxidation sites excluding steroid dienone is 2. The molecule has 1 amide bonds. The highest BCUT2D eigenvalue weighted by molar-refractivity contribution is 5.95. The quantitative estimate of drug-likeness (QED) is 0.717. The van der Waals surface area contributed by atoms with Crippen LogP contribution in [0.2, 0.25) is 0 Å². The number of carbonyl (C=O) groups is 1. The van der Waals surface area contributed by atoms with Gasteiger partial charge in [-0.1, -0.05) is 12.2 Å². The molecule has 0 aromatic heterocycles. The van der Waals surface area contributed by atoms with Gasteiger partial charge in [0.15, 0.2) is 11.5 Å². The number of amides is 1. The molecule has 6 nitrogen and oxygen atoms in total. The fraction of sp³-hybridized carbons (Fsp3) is 0.571. The lowest BCUT2D eigenvalue weighted by Gasteiger charge is -2.36. The topological polar surface area (TPSA) is 51.2 Å². The van der Waals surface area contributed by atoms with Crippen molar-refractivity contribution in [2.45, 2.75) is 19.3 Å². The molecule has 1 aromatic carbocycles. The molecule has 1 fully saturated rings. The maximum atomic E-state index is 13.0. The molecule has 2 aliphatic rings. The molecule has 1 aromatic rings. The van der Waals surface area contributed by atoms with Crippen LogP contribution in [0.15, 0.2) is 24.3 Å². The number of carbonyl (C=O) groups excluding carboxylic acids is 1. The average molecular weight is 374 g/mol. The lowest BCUT2D eigenvalue weighted by atomic mass is 9.94. The van der Waals surface area contributed by atoms with Crippen LogP contribution in [0.4, 0.5) is 0 Å². The Hall–Kier alpha value is -2.21. The molecule has 1 unspecified atom stereocenters. The summed E-state index contributed by atoms with van der Waals surface area (Å²) in [5, 5.41) is 0. The highest BCUT2D eigenvalue weighted by Crippen LogP contribution is 2.38. The molecule has 6 heteroatoms. The third kappa shape index (κ3) is 4.56. The lowest BCUT2D eigenvalue weighted by Crippen LogP contribution is -2.49. The van der Waals surface area contributed by atoms with E-state index < -0.39 is 0 Å². The van der Waals surface area contributed by atoms with Crippen LogP contribution < -0.4 is 14.2 Å². The van der Waals surface area contributed by atoms with E-state index >= 15 is 0 Å². The standard InChI is InChI=1S/C21H30N2O4/c1-25-18-13-17(14-19(26-2)20(18)27-3)21(24)23-11-9-22(10-12-23)15-16-7-5-4-6-8-16/h4-5,13-14,16H,6-12,15H2,1-3H3. The minimum Gasteiger partial charge on any atom is -0.493 e. The molecule has 0 spiro atoms. The number of methoxy groups -OCH3 is 3. The predicted molar refractivity (Wildman–Crippen MR) is 105 cm³/mol. The normalized spacial score (nSPS) is 20.4. The van der Waals surface area contributed by atoms with Gasteiger partial charge >= 0.3 is 0 Å². The van der Waals surface area contributed by atoms with Gasteiger partial charge in [-0.25, -0.2) is 0 Å². The number of nitrogens with zero attached hydrogens (tertiary/aromatic N) is 2. The Morgan fingerprint density at radius 1 is 1.00 bits per heavy atom. The van der Waals surface area contributed by atoms with E-state index in [2.05, 4.69) is 17.1 Å². The zero-order chi connectivity index (χ0) is 19.2. The summed E-state index contributed by atoms with van der Waals surface area (Å²) < 4.78 is 16.1. The first-order chi connectivity index (χ1) is 13.2. The van der Waals surface area contributed by atoms with Gasteiger partial charge in [0.2, 0.25) is 5.75 Å². The maximum Gasteiger partial charge on any atom is 0.254 e. The van der Waals surface area contributed by atoms with E-state index in [0.717, 1.165) is 38.6 Å². The molecule has 3 rings (SSSR count). The van der Waals surface area contributed by atoms with Crippen molar-refractivity contribution in [3.63, 3.8) is 0 Å². The second-order valence-electron chi connectivity index (χ2n) is 7.16. The van der Waals surface area contributed by atoms with Crippen LogP contribution in [0.1, 0.15) is 29.6 Å². The van der Waals surface area contributed by atoms with Crippen molar-refractivity contribution in [2.24, 2.45) is 5.92 Å². The van der Waals surface area contributed by atoms with E-state index in [1.807, 2.05) is 4.90 Å². The van der Waals surface area contributed by atoms with E-state index in [1.165, 1.54) is 19.3 Å². The molecule has 0 radical (unpaired) electrons. The van der Waals surface area contributed by atoms with Crippen molar-refractivity contribution in [3.8, 4) is 17.2 Å². The van der Waals surface area contributed by atoms with Gasteiger partial charge in [0.25, 0.3) is 5.91 Å². The molecular formula is C21H30N2O4. The van der Waals surface area contributed by atoms with Crippen molar-refractivity contribution in [1.29, 1.82) is 0 Å². The van der Waals surface area contributed by atoms with E-state index in [9.17, 15) is 4.79 Å². The minimum atomic E-state index is 0.00880. The Bertz CT molecular complexity index is 656. The summed E-state index contributed by atoms with van der Waals surface area (Å²) in [5.74, 6) is 2.28. The fourth-order valence-electron chi connectivity index (χ4n) is 3.91. The van der Waals surface area contributed by atoms with E-state index in [4.69, 9.17) is 14.2 Å². The number of piperazine rings is 1. The van der Waals surface area contributed by atoms with Gasteiger partial charge in [-0.2, -0.15) is 0 Å². The monoisotopic (exact) mass is 374 g/mol. The van der Waals surface area contributed by atoms with Crippen LogP contribution in [0.3, 0.4) is 0 Å². The Morgan fingerprint density at radius 3 is 2.19 bits per heavy atom. The Labute approximate surface area is 161 Å². The minimum absolute atomic E-state index is 0.00880. The van der Waals surface area contributed by atoms with E-state index in [0.29, 0.717) is 22.8 Å². The molecule has 1 atom stereocenters. The van der Waals surface area contributed by atoms with Gasteiger partial charge in [0.1, 0.15) is 0 Å². The molecule has 1 aliphatic carbocycles. The van der Waals surface area contributed by atoms with Gasteiger partial charge in [0, 0.05) is 38.3 Å². The Kier molecular flexibility index (Phi) is 6.61. The average Bonchev–Trinajstić information content (AvgIpc) is 2.73. The van der Waals surface area contributed by atoms with Crippen LogP contribution in [0.5, 0.6) is 17.2 Å². The summed E-state index contributed by atoms with van der Waals surface area (Å²) in [4.78, 5) is 17.4. The first-order valence-corrected chi connectivity index (χ1v) is 9.63. The molecule has 1 saturated heterocycles. The number of benzene rings is 1. The van der Waals surface area contributed by atoms with Crippen molar-refractivity contribution in [1.82, 2.24) is 9.80 Å². The Balaban J connectivity index is 1.62. The van der Waals surface area contributed by atoms with Crippen LogP contribution in [-0.4, -0.2) is 69.8 Å². The van der Waals surface area contributed by atoms with E-state index in [1.54, 1.807) is 33.5 Å². The highest BCUT2D eigenvalue weighted by atomic mass is 16.5. The highest BCUT2D eigenvalue weighted by Gasteiger charge is 2.26. The van der Waals surface area contributed by atoms with E-state index in [-0.39, 0.29) is 5.91 Å². The second-order valence-corrected chi connectivity index (χ2v) is 7.16. The summed E-state index contributed by atoms with van der Waals surface area (Å²) in [6, 6.07) is 3.45. The molecule has 0 saturated carbocycles. The summed E-state index contributed by atoms with van der Waals surface area (Å²) in [5.41, 5.74) is 0.565. The third-order valence-corrected chi connectivity index (χ3v) is 5.47. The number of rotatable bonds is 6.